The fourth-order valence-electron chi connectivity index (χ4n) is 5.63. The largest absolute Gasteiger partial charge is 0.439 e. The normalized spacial score (nSPS) is 19.4. The summed E-state index contributed by atoms with van der Waals surface area (Å²) in [6, 6.07) is 3.57. The van der Waals surface area contributed by atoms with Crippen LogP contribution in [0.2, 0.25) is 0 Å². The van der Waals surface area contributed by atoms with Gasteiger partial charge >= 0.3 is 0 Å². The number of carbonyl (C=O) groups excluding carboxylic acids is 1. The Kier molecular flexibility index (Phi) is 7.06. The van der Waals surface area contributed by atoms with Crippen LogP contribution in [0.3, 0.4) is 0 Å². The van der Waals surface area contributed by atoms with Crippen molar-refractivity contribution in [3.8, 4) is 11.1 Å². The molecule has 0 spiro atoms. The second-order valence-electron chi connectivity index (χ2n) is 10.5. The first-order chi connectivity index (χ1) is 20.5. The van der Waals surface area contributed by atoms with Crippen molar-refractivity contribution >= 4 is 67.2 Å². The molecule has 1 aliphatic carbocycles. The SMILES string of the molecule is NC(=O)c1c(Nc2cc(-c3csc4c(=O)cc(N5CCOCC5)oc34)cs2)nc(N[C@H]2CCCC[C@H]2N)n2ccnc12. The van der Waals surface area contributed by atoms with Gasteiger partial charge in [0.2, 0.25) is 11.4 Å². The van der Waals surface area contributed by atoms with Gasteiger partial charge < -0.3 is 36.2 Å². The maximum atomic E-state index is 12.9. The standard InChI is InChI=1S/C28H30N8O4S2/c29-17-3-1-2-4-18(17)32-28-34-26(22(25(30)38)27-31-5-6-36(27)28)33-20-11-15(13-41-20)16-14-42-24-19(37)12-21(40-23(16)24)35-7-9-39-10-8-35/h5-6,11-14,17-18,33H,1-4,7-10,29H2,(H2,30,38)(H,32,34)/t17-,18+/m1/s1. The van der Waals surface area contributed by atoms with E-state index in [1.165, 1.54) is 22.7 Å². The summed E-state index contributed by atoms with van der Waals surface area (Å²) in [6.45, 7) is 2.52. The maximum Gasteiger partial charge on any atom is 0.256 e. The van der Waals surface area contributed by atoms with E-state index in [0.29, 0.717) is 59.9 Å². The average Bonchev–Trinajstić information content (AvgIpc) is 3.75. The highest BCUT2D eigenvalue weighted by Gasteiger charge is 2.26. The fourth-order valence-corrected chi connectivity index (χ4v) is 7.35. The number of primary amides is 1. The topological polar surface area (TPSA) is 166 Å². The first-order valence-electron chi connectivity index (χ1n) is 13.9. The van der Waals surface area contributed by atoms with Gasteiger partial charge in [0.25, 0.3) is 5.91 Å². The minimum absolute atomic E-state index is 0.00968. The molecule has 7 rings (SSSR count). The van der Waals surface area contributed by atoms with Crippen molar-refractivity contribution in [2.24, 2.45) is 11.5 Å². The lowest BCUT2D eigenvalue weighted by atomic mass is 9.91. The molecule has 12 nitrogen and oxygen atoms in total. The van der Waals surface area contributed by atoms with Crippen molar-refractivity contribution in [1.82, 2.24) is 14.4 Å². The van der Waals surface area contributed by atoms with Gasteiger partial charge in [-0.3, -0.25) is 14.0 Å². The number of hydrogen-bond acceptors (Lipinski definition) is 12. The quantitative estimate of drug-likeness (QED) is 0.213. The van der Waals surface area contributed by atoms with Gasteiger partial charge in [-0.25, -0.2) is 4.98 Å². The van der Waals surface area contributed by atoms with Gasteiger partial charge in [0.15, 0.2) is 22.9 Å². The lowest BCUT2D eigenvalue weighted by Gasteiger charge is -2.30. The zero-order chi connectivity index (χ0) is 28.8. The second kappa shape index (κ2) is 11.0. The summed E-state index contributed by atoms with van der Waals surface area (Å²) in [5.74, 6) is 0.748. The molecular formula is C28H30N8O4S2. The molecule has 5 aromatic heterocycles. The van der Waals surface area contributed by atoms with Crippen molar-refractivity contribution < 1.29 is 13.9 Å². The number of thiophene rings is 2. The number of nitrogens with two attached hydrogens (primary N) is 2. The Labute approximate surface area is 248 Å². The van der Waals surface area contributed by atoms with Crippen molar-refractivity contribution in [2.45, 2.75) is 37.8 Å². The van der Waals surface area contributed by atoms with Gasteiger partial charge in [0, 0.05) is 60.0 Å². The van der Waals surface area contributed by atoms with E-state index in [1.807, 2.05) is 21.7 Å². The highest BCUT2D eigenvalue weighted by molar-refractivity contribution is 7.17. The number of fused-ring (bicyclic) bond motifs is 2. The van der Waals surface area contributed by atoms with Crippen molar-refractivity contribution in [1.29, 1.82) is 0 Å². The second-order valence-corrected chi connectivity index (χ2v) is 12.3. The van der Waals surface area contributed by atoms with Crippen LogP contribution in [0, 0.1) is 0 Å². The molecule has 2 atom stereocenters. The summed E-state index contributed by atoms with van der Waals surface area (Å²) in [6.07, 6.45) is 7.44. The first-order valence-corrected chi connectivity index (χ1v) is 15.6. The Morgan fingerprint density at radius 2 is 1.95 bits per heavy atom. The monoisotopic (exact) mass is 606 g/mol. The number of morpholine rings is 1. The highest BCUT2D eigenvalue weighted by Crippen LogP contribution is 2.39. The predicted molar refractivity (Wildman–Crippen MR) is 165 cm³/mol. The number of ether oxygens (including phenoxy) is 1. The molecule has 0 unspecified atom stereocenters. The Balaban J connectivity index is 1.23. The predicted octanol–water partition coefficient (Wildman–Crippen LogP) is 3.99. The van der Waals surface area contributed by atoms with Gasteiger partial charge in [0.1, 0.15) is 10.3 Å². The molecule has 0 bridgehead atoms. The molecule has 14 heteroatoms. The molecule has 6 N–H and O–H groups in total. The molecule has 0 aromatic carbocycles. The van der Waals surface area contributed by atoms with Gasteiger partial charge in [-0.15, -0.1) is 22.7 Å². The molecule has 2 aliphatic rings. The summed E-state index contributed by atoms with van der Waals surface area (Å²) in [4.78, 5) is 36.8. The zero-order valence-electron chi connectivity index (χ0n) is 22.7. The van der Waals surface area contributed by atoms with E-state index in [2.05, 4.69) is 15.6 Å². The van der Waals surface area contributed by atoms with Crippen LogP contribution in [-0.4, -0.2) is 58.7 Å². The minimum Gasteiger partial charge on any atom is -0.439 e. The van der Waals surface area contributed by atoms with Crippen LogP contribution in [0.5, 0.6) is 0 Å². The van der Waals surface area contributed by atoms with E-state index in [-0.39, 0.29) is 23.1 Å². The van der Waals surface area contributed by atoms with E-state index in [1.54, 1.807) is 22.9 Å². The molecule has 42 heavy (non-hydrogen) atoms. The number of anilines is 4. The number of imidazole rings is 1. The van der Waals surface area contributed by atoms with Crippen LogP contribution in [0.4, 0.5) is 22.7 Å². The summed E-state index contributed by atoms with van der Waals surface area (Å²) in [5, 5.41) is 11.4. The van der Waals surface area contributed by atoms with Crippen molar-refractivity contribution in [3.63, 3.8) is 0 Å². The Bertz CT molecular complexity index is 1840. The number of nitrogens with one attached hydrogen (secondary N) is 2. The molecule has 1 aliphatic heterocycles. The molecule has 1 saturated carbocycles. The van der Waals surface area contributed by atoms with Crippen LogP contribution >= 0.6 is 22.7 Å². The summed E-state index contributed by atoms with van der Waals surface area (Å²) in [7, 11) is 0. The lowest BCUT2D eigenvalue weighted by Crippen LogP contribution is -2.43. The molecule has 5 aromatic rings. The molecular weight excluding hydrogens is 576 g/mol. The molecule has 1 amide bonds. The van der Waals surface area contributed by atoms with Crippen LogP contribution in [-0.2, 0) is 4.74 Å². The molecule has 1 saturated heterocycles. The van der Waals surface area contributed by atoms with E-state index in [0.717, 1.165) is 41.8 Å². The van der Waals surface area contributed by atoms with Gasteiger partial charge in [-0.1, -0.05) is 12.8 Å². The summed E-state index contributed by atoms with van der Waals surface area (Å²) >= 11 is 2.81. The number of rotatable bonds is 7. The summed E-state index contributed by atoms with van der Waals surface area (Å²) in [5.41, 5.74) is 15.0. The maximum absolute atomic E-state index is 12.9. The number of aromatic nitrogens is 3. The third-order valence-electron chi connectivity index (χ3n) is 7.83. The first kappa shape index (κ1) is 26.9. The lowest BCUT2D eigenvalue weighted by molar-refractivity contribution is 0.100. The summed E-state index contributed by atoms with van der Waals surface area (Å²) < 4.78 is 14.0. The number of nitrogens with zero attached hydrogens (tertiary/aromatic N) is 4. The minimum atomic E-state index is -0.639. The van der Waals surface area contributed by atoms with E-state index in [9.17, 15) is 9.59 Å². The number of hydrogen-bond donors (Lipinski definition) is 4. The van der Waals surface area contributed by atoms with Gasteiger partial charge in [0.05, 0.1) is 18.2 Å². The number of carbonyl (C=O) groups is 1. The van der Waals surface area contributed by atoms with Crippen LogP contribution in [0.1, 0.15) is 36.0 Å². The van der Waals surface area contributed by atoms with E-state index in [4.69, 9.17) is 25.6 Å². The fraction of sp³-hybridized carbons (Fsp3) is 0.357. The van der Waals surface area contributed by atoms with Crippen molar-refractivity contribution in [2.75, 3.05) is 41.8 Å². The average molecular weight is 607 g/mol. The molecule has 6 heterocycles. The molecule has 0 radical (unpaired) electrons. The van der Waals surface area contributed by atoms with Crippen LogP contribution in [0.25, 0.3) is 27.1 Å². The Morgan fingerprint density at radius 1 is 1.12 bits per heavy atom. The molecule has 2 fully saturated rings. The van der Waals surface area contributed by atoms with Gasteiger partial charge in [-0.2, -0.15) is 4.98 Å². The van der Waals surface area contributed by atoms with E-state index < -0.39 is 5.91 Å². The Hall–Kier alpha value is -3.98. The van der Waals surface area contributed by atoms with E-state index >= 15 is 0 Å². The zero-order valence-corrected chi connectivity index (χ0v) is 24.3. The smallest absolute Gasteiger partial charge is 0.256 e. The Morgan fingerprint density at radius 3 is 2.76 bits per heavy atom. The third kappa shape index (κ3) is 4.89. The highest BCUT2D eigenvalue weighted by atomic mass is 32.1. The van der Waals surface area contributed by atoms with Crippen LogP contribution < -0.4 is 32.4 Å². The van der Waals surface area contributed by atoms with Crippen LogP contribution in [0.15, 0.2) is 44.5 Å². The third-order valence-corrected chi connectivity index (χ3v) is 9.65. The van der Waals surface area contributed by atoms with Crippen molar-refractivity contribution in [3.05, 3.63) is 51.1 Å². The van der Waals surface area contributed by atoms with Gasteiger partial charge in [-0.05, 0) is 24.5 Å². The number of amides is 1. The molecule has 218 valence electrons.